The molecule has 1 amide bonds. The Morgan fingerprint density at radius 2 is 2.00 bits per heavy atom. The van der Waals surface area contributed by atoms with Gasteiger partial charge in [-0.25, -0.2) is 0 Å². The molecule has 0 aromatic rings. The van der Waals surface area contributed by atoms with E-state index in [1.54, 1.807) is 0 Å². The van der Waals surface area contributed by atoms with Crippen LogP contribution in [0.1, 0.15) is 57.8 Å². The third-order valence-corrected chi connectivity index (χ3v) is 5.08. The lowest BCUT2D eigenvalue weighted by molar-refractivity contribution is -0.126. The van der Waals surface area contributed by atoms with Gasteiger partial charge in [0, 0.05) is 6.61 Å². The molecule has 0 saturated heterocycles. The van der Waals surface area contributed by atoms with E-state index in [2.05, 4.69) is 5.32 Å². The fourth-order valence-corrected chi connectivity index (χ4v) is 3.85. The van der Waals surface area contributed by atoms with Crippen LogP contribution in [0.5, 0.6) is 0 Å². The number of carbonyl (C=O) groups is 1. The zero-order valence-electron chi connectivity index (χ0n) is 12.1. The number of hydrogen-bond donors (Lipinski definition) is 2. The van der Waals surface area contributed by atoms with E-state index in [1.807, 2.05) is 7.05 Å². The molecule has 2 aliphatic carbocycles. The summed E-state index contributed by atoms with van der Waals surface area (Å²) in [5, 5.41) is 3.19. The number of ether oxygens (including phenoxy) is 1. The van der Waals surface area contributed by atoms with E-state index in [1.165, 1.54) is 32.1 Å². The summed E-state index contributed by atoms with van der Waals surface area (Å²) in [6, 6.07) is 0. The van der Waals surface area contributed by atoms with Crippen molar-refractivity contribution in [1.82, 2.24) is 5.32 Å². The van der Waals surface area contributed by atoms with Crippen LogP contribution in [0.25, 0.3) is 0 Å². The van der Waals surface area contributed by atoms with Gasteiger partial charge in [-0.05, 0) is 45.1 Å². The van der Waals surface area contributed by atoms with E-state index in [4.69, 9.17) is 10.5 Å². The summed E-state index contributed by atoms with van der Waals surface area (Å²) in [6.45, 7) is 0.770. The van der Waals surface area contributed by atoms with Crippen LogP contribution in [0.3, 0.4) is 0 Å². The third-order valence-electron chi connectivity index (χ3n) is 5.08. The molecule has 4 heteroatoms. The molecule has 2 saturated carbocycles. The Morgan fingerprint density at radius 3 is 2.63 bits per heavy atom. The number of likely N-dealkylation sites (N-methyl/N-ethyl adjacent to an activating group) is 1. The lowest BCUT2D eigenvalue weighted by Gasteiger charge is -2.32. The van der Waals surface area contributed by atoms with Crippen molar-refractivity contribution in [2.24, 2.45) is 11.7 Å². The SMILES string of the molecule is CNC1(C(N)=O)CCCC1CCOC1CCCCC1. The number of hydrogen-bond acceptors (Lipinski definition) is 3. The Morgan fingerprint density at radius 1 is 1.26 bits per heavy atom. The lowest BCUT2D eigenvalue weighted by atomic mass is 9.84. The van der Waals surface area contributed by atoms with Crippen molar-refractivity contribution in [1.29, 1.82) is 0 Å². The van der Waals surface area contributed by atoms with Crippen molar-refractivity contribution in [3.05, 3.63) is 0 Å². The predicted molar refractivity (Wildman–Crippen MR) is 75.8 cm³/mol. The first-order valence-corrected chi connectivity index (χ1v) is 7.79. The van der Waals surface area contributed by atoms with E-state index in [-0.39, 0.29) is 5.91 Å². The summed E-state index contributed by atoms with van der Waals surface area (Å²) in [5.41, 5.74) is 5.12. The van der Waals surface area contributed by atoms with E-state index in [0.29, 0.717) is 12.0 Å². The van der Waals surface area contributed by atoms with Gasteiger partial charge in [-0.2, -0.15) is 0 Å². The smallest absolute Gasteiger partial charge is 0.238 e. The highest BCUT2D eigenvalue weighted by atomic mass is 16.5. The highest BCUT2D eigenvalue weighted by Crippen LogP contribution is 2.37. The number of carbonyl (C=O) groups excluding carboxylic acids is 1. The zero-order valence-corrected chi connectivity index (χ0v) is 12.1. The van der Waals surface area contributed by atoms with E-state index >= 15 is 0 Å². The van der Waals surface area contributed by atoms with Crippen molar-refractivity contribution in [3.8, 4) is 0 Å². The van der Waals surface area contributed by atoms with Crippen LogP contribution in [0, 0.1) is 5.92 Å². The topological polar surface area (TPSA) is 64.3 Å². The number of primary amides is 1. The summed E-state index contributed by atoms with van der Waals surface area (Å²) in [4.78, 5) is 11.7. The van der Waals surface area contributed by atoms with Crippen LogP contribution in [0.2, 0.25) is 0 Å². The summed E-state index contributed by atoms with van der Waals surface area (Å²) >= 11 is 0. The quantitative estimate of drug-likeness (QED) is 0.774. The van der Waals surface area contributed by atoms with Crippen LogP contribution in [0.4, 0.5) is 0 Å². The van der Waals surface area contributed by atoms with E-state index in [9.17, 15) is 4.79 Å². The van der Waals surface area contributed by atoms with Gasteiger partial charge in [0.25, 0.3) is 0 Å². The van der Waals surface area contributed by atoms with Crippen LogP contribution >= 0.6 is 0 Å². The van der Waals surface area contributed by atoms with Crippen molar-refractivity contribution in [3.63, 3.8) is 0 Å². The second kappa shape index (κ2) is 6.71. The minimum absolute atomic E-state index is 0.199. The van der Waals surface area contributed by atoms with Gasteiger partial charge >= 0.3 is 0 Å². The maximum atomic E-state index is 11.7. The molecule has 2 fully saturated rings. The number of nitrogens with two attached hydrogens (primary N) is 1. The molecule has 0 bridgehead atoms. The molecule has 0 aromatic carbocycles. The van der Waals surface area contributed by atoms with Gasteiger partial charge in [0.2, 0.25) is 5.91 Å². The van der Waals surface area contributed by atoms with Gasteiger partial charge in [0.1, 0.15) is 5.54 Å². The Bertz CT molecular complexity index is 303. The molecule has 2 unspecified atom stereocenters. The van der Waals surface area contributed by atoms with Crippen molar-refractivity contribution in [2.75, 3.05) is 13.7 Å². The average molecular weight is 268 g/mol. The molecule has 0 radical (unpaired) electrons. The van der Waals surface area contributed by atoms with Gasteiger partial charge in [-0.1, -0.05) is 25.7 Å². The first-order valence-electron chi connectivity index (χ1n) is 7.79. The third kappa shape index (κ3) is 3.29. The summed E-state index contributed by atoms with van der Waals surface area (Å²) in [6.07, 6.45) is 10.8. The average Bonchev–Trinajstić information content (AvgIpc) is 2.84. The van der Waals surface area contributed by atoms with Crippen LogP contribution in [-0.2, 0) is 9.53 Å². The highest BCUT2D eigenvalue weighted by molar-refractivity contribution is 5.85. The van der Waals surface area contributed by atoms with Crippen LogP contribution < -0.4 is 11.1 Å². The standard InChI is InChI=1S/C15H28N2O2/c1-17-15(14(16)18)10-5-6-12(15)9-11-19-13-7-3-2-4-8-13/h12-13,17H,2-11H2,1H3,(H2,16,18). The van der Waals surface area contributed by atoms with E-state index < -0.39 is 5.54 Å². The molecule has 4 nitrogen and oxygen atoms in total. The summed E-state index contributed by atoms with van der Waals surface area (Å²) in [5.74, 6) is 0.133. The molecular formula is C15H28N2O2. The first-order chi connectivity index (χ1) is 9.19. The van der Waals surface area contributed by atoms with Gasteiger partial charge in [0.05, 0.1) is 6.10 Å². The minimum Gasteiger partial charge on any atom is -0.378 e. The van der Waals surface area contributed by atoms with Gasteiger partial charge in [0.15, 0.2) is 0 Å². The highest BCUT2D eigenvalue weighted by Gasteiger charge is 2.46. The second-order valence-corrected chi connectivity index (χ2v) is 6.09. The monoisotopic (exact) mass is 268 g/mol. The largest absolute Gasteiger partial charge is 0.378 e. The second-order valence-electron chi connectivity index (χ2n) is 6.09. The molecule has 0 heterocycles. The first kappa shape index (κ1) is 14.8. The van der Waals surface area contributed by atoms with Gasteiger partial charge < -0.3 is 15.8 Å². The molecule has 3 N–H and O–H groups in total. The fourth-order valence-electron chi connectivity index (χ4n) is 3.85. The molecule has 2 aliphatic rings. The Labute approximate surface area is 116 Å². The van der Waals surface area contributed by atoms with Crippen molar-refractivity contribution in [2.45, 2.75) is 69.4 Å². The van der Waals surface area contributed by atoms with Crippen LogP contribution in [0.15, 0.2) is 0 Å². The normalized spacial score (nSPS) is 32.6. The number of nitrogens with one attached hydrogen (secondary N) is 1. The fraction of sp³-hybridized carbons (Fsp3) is 0.933. The molecule has 19 heavy (non-hydrogen) atoms. The molecule has 2 rings (SSSR count). The molecule has 0 aromatic heterocycles. The minimum atomic E-state index is -0.490. The zero-order chi connectivity index (χ0) is 13.7. The molecule has 0 spiro atoms. The molecular weight excluding hydrogens is 240 g/mol. The summed E-state index contributed by atoms with van der Waals surface area (Å²) < 4.78 is 5.98. The maximum absolute atomic E-state index is 11.7. The molecule has 110 valence electrons. The van der Waals surface area contributed by atoms with Gasteiger partial charge in [-0.15, -0.1) is 0 Å². The number of amides is 1. The Hall–Kier alpha value is -0.610. The van der Waals surface area contributed by atoms with Gasteiger partial charge in [-0.3, -0.25) is 4.79 Å². The van der Waals surface area contributed by atoms with Crippen molar-refractivity contribution >= 4 is 5.91 Å². The Balaban J connectivity index is 1.79. The Kier molecular flexibility index (Phi) is 5.22. The number of rotatable bonds is 6. The van der Waals surface area contributed by atoms with E-state index in [0.717, 1.165) is 32.3 Å². The molecule has 2 atom stereocenters. The van der Waals surface area contributed by atoms with Crippen molar-refractivity contribution < 1.29 is 9.53 Å². The molecule has 0 aliphatic heterocycles. The lowest BCUT2D eigenvalue weighted by Crippen LogP contribution is -2.56. The predicted octanol–water partition coefficient (Wildman–Crippen LogP) is 1.97. The maximum Gasteiger partial charge on any atom is 0.238 e. The summed E-state index contributed by atoms with van der Waals surface area (Å²) in [7, 11) is 1.85. The van der Waals surface area contributed by atoms with Crippen LogP contribution in [-0.4, -0.2) is 31.2 Å².